The van der Waals surface area contributed by atoms with E-state index in [-0.39, 0.29) is 11.5 Å². The summed E-state index contributed by atoms with van der Waals surface area (Å²) >= 11 is 2.13. The van der Waals surface area contributed by atoms with Crippen molar-refractivity contribution in [1.82, 2.24) is 14.5 Å². The predicted octanol–water partition coefficient (Wildman–Crippen LogP) is 0.676. The van der Waals surface area contributed by atoms with Gasteiger partial charge in [0.1, 0.15) is 11.5 Å². The second-order valence-electron chi connectivity index (χ2n) is 5.67. The lowest BCUT2D eigenvalue weighted by Crippen LogP contribution is -2.40. The average Bonchev–Trinajstić information content (AvgIpc) is 2.66. The number of anilines is 2. The van der Waals surface area contributed by atoms with Crippen molar-refractivity contribution in [2.75, 3.05) is 31.6 Å². The van der Waals surface area contributed by atoms with E-state index in [2.05, 4.69) is 32.7 Å². The van der Waals surface area contributed by atoms with Gasteiger partial charge in [0.05, 0.1) is 18.8 Å². The largest absolute Gasteiger partial charge is 0.378 e. The van der Waals surface area contributed by atoms with Crippen LogP contribution in [0.3, 0.4) is 0 Å². The van der Waals surface area contributed by atoms with Crippen LogP contribution in [0.5, 0.6) is 0 Å². The normalized spacial score (nSPS) is 14.2. The lowest BCUT2D eigenvalue weighted by atomic mass is 9.98. The van der Waals surface area contributed by atoms with Crippen LogP contribution in [0.1, 0.15) is 10.4 Å². The van der Waals surface area contributed by atoms with E-state index in [1.54, 1.807) is 36.3 Å². The van der Waals surface area contributed by atoms with Gasteiger partial charge < -0.3 is 19.5 Å². The number of halogens is 1. The number of rotatable bonds is 4. The Morgan fingerprint density at radius 1 is 1.36 bits per heavy atom. The number of aromatic nitrogens is 2. The second-order valence-corrected chi connectivity index (χ2v) is 6.30. The summed E-state index contributed by atoms with van der Waals surface area (Å²) in [5.41, 5.74) is 1.74. The zero-order valence-corrected chi connectivity index (χ0v) is 15.9. The number of hydrogen-bond acceptors (Lipinski definition) is 5. The van der Waals surface area contributed by atoms with E-state index in [9.17, 15) is 9.59 Å². The van der Waals surface area contributed by atoms with Gasteiger partial charge in [-0.3, -0.25) is 9.59 Å². The van der Waals surface area contributed by atoms with Crippen LogP contribution in [0, 0.1) is 0 Å². The fraction of sp³-hybridized carbons (Fsp3) is 0.312. The number of amides is 1. The van der Waals surface area contributed by atoms with Crippen molar-refractivity contribution in [3.05, 3.63) is 46.5 Å². The molecule has 25 heavy (non-hydrogen) atoms. The zero-order chi connectivity index (χ0) is 17.8. The summed E-state index contributed by atoms with van der Waals surface area (Å²) in [6.45, 7) is 2.31. The minimum Gasteiger partial charge on any atom is -0.378 e. The molecule has 2 aromatic heterocycles. The third-order valence-electron chi connectivity index (χ3n) is 3.90. The Morgan fingerprint density at radius 3 is 2.76 bits per heavy atom. The molecular weight excluding hydrogens is 434 g/mol. The van der Waals surface area contributed by atoms with E-state index in [0.717, 1.165) is 5.46 Å². The van der Waals surface area contributed by atoms with Crippen molar-refractivity contribution >= 4 is 50.4 Å². The molecule has 7 nitrogen and oxygen atoms in total. The molecule has 129 valence electrons. The van der Waals surface area contributed by atoms with E-state index >= 15 is 0 Å². The molecule has 1 aliphatic rings. The van der Waals surface area contributed by atoms with E-state index in [1.807, 2.05) is 5.14 Å². The summed E-state index contributed by atoms with van der Waals surface area (Å²) in [5, 5.41) is 4.91. The molecule has 9 heteroatoms. The molecule has 3 heterocycles. The molecule has 0 atom stereocenters. The first-order valence-electron chi connectivity index (χ1n) is 7.82. The van der Waals surface area contributed by atoms with Crippen LogP contribution >= 0.6 is 22.4 Å². The Balaban J connectivity index is 1.76. The van der Waals surface area contributed by atoms with Crippen LogP contribution in [0.4, 0.5) is 11.5 Å². The standard InChI is InChI=1S/C16H17BIN4O3/c1-21-10-12(17-18)8-13(16(21)24)20-14-3-2-11(9-19-14)15(23)22-4-6-25-7-5-22/h2-3,8-10H,4-7H2,1H3,(H,19,20). The summed E-state index contributed by atoms with van der Waals surface area (Å²) < 4.78 is 6.77. The van der Waals surface area contributed by atoms with Gasteiger partial charge in [-0.25, -0.2) is 4.98 Å². The molecule has 1 aliphatic heterocycles. The van der Waals surface area contributed by atoms with E-state index in [1.165, 1.54) is 10.8 Å². The molecule has 3 rings (SSSR count). The topological polar surface area (TPSA) is 76.5 Å². The molecule has 1 N–H and O–H groups in total. The number of ether oxygens (including phenoxy) is 1. The monoisotopic (exact) mass is 451 g/mol. The van der Waals surface area contributed by atoms with Gasteiger partial charge in [-0.15, -0.1) is 0 Å². The van der Waals surface area contributed by atoms with Crippen LogP contribution < -0.4 is 16.3 Å². The predicted molar refractivity (Wildman–Crippen MR) is 105 cm³/mol. The van der Waals surface area contributed by atoms with Gasteiger partial charge in [-0.2, -0.15) is 22.4 Å². The number of nitrogens with one attached hydrogen (secondary N) is 1. The van der Waals surface area contributed by atoms with Crippen LogP contribution in [0.25, 0.3) is 0 Å². The van der Waals surface area contributed by atoms with Gasteiger partial charge in [0.2, 0.25) is 5.14 Å². The van der Waals surface area contributed by atoms with Crippen molar-refractivity contribution in [3.63, 3.8) is 0 Å². The highest BCUT2D eigenvalue weighted by atomic mass is 127. The molecule has 1 radical (unpaired) electrons. The van der Waals surface area contributed by atoms with E-state index in [0.29, 0.717) is 43.4 Å². The molecular formula is C16H17BIN4O3. The van der Waals surface area contributed by atoms with Crippen molar-refractivity contribution in [3.8, 4) is 0 Å². The number of hydrogen-bond donors (Lipinski definition) is 1. The molecule has 0 unspecified atom stereocenters. The maximum Gasteiger partial charge on any atom is 0.273 e. The molecule has 1 fully saturated rings. The van der Waals surface area contributed by atoms with Gasteiger partial charge in [0, 0.05) is 32.5 Å². The molecule has 0 aromatic carbocycles. The minimum atomic E-state index is -0.141. The Morgan fingerprint density at radius 2 is 2.12 bits per heavy atom. The van der Waals surface area contributed by atoms with Crippen molar-refractivity contribution in [1.29, 1.82) is 0 Å². The van der Waals surface area contributed by atoms with Crippen molar-refractivity contribution in [2.24, 2.45) is 7.05 Å². The second kappa shape index (κ2) is 8.00. The molecule has 0 bridgehead atoms. The van der Waals surface area contributed by atoms with Gasteiger partial charge in [0.25, 0.3) is 11.5 Å². The van der Waals surface area contributed by atoms with Crippen LogP contribution in [0.15, 0.2) is 35.4 Å². The van der Waals surface area contributed by atoms with E-state index < -0.39 is 0 Å². The Labute approximate surface area is 159 Å². The fourth-order valence-corrected chi connectivity index (χ4v) is 2.91. The summed E-state index contributed by atoms with van der Waals surface area (Å²) in [7, 11) is 1.70. The smallest absolute Gasteiger partial charge is 0.273 e. The zero-order valence-electron chi connectivity index (χ0n) is 13.7. The highest BCUT2D eigenvalue weighted by Crippen LogP contribution is 2.12. The number of carbonyl (C=O) groups is 1. The maximum absolute atomic E-state index is 12.4. The van der Waals surface area contributed by atoms with Gasteiger partial charge >= 0.3 is 0 Å². The Bertz CT molecular complexity index is 819. The third kappa shape index (κ3) is 4.21. The highest BCUT2D eigenvalue weighted by molar-refractivity contribution is 14.1. The third-order valence-corrected chi connectivity index (χ3v) is 4.62. The fourth-order valence-electron chi connectivity index (χ4n) is 2.57. The number of carbonyl (C=O) groups excluding carboxylic acids is 1. The van der Waals surface area contributed by atoms with Gasteiger partial charge in [-0.05, 0) is 18.2 Å². The molecule has 0 spiro atoms. The maximum atomic E-state index is 12.4. The van der Waals surface area contributed by atoms with Gasteiger partial charge in [0.15, 0.2) is 0 Å². The summed E-state index contributed by atoms with van der Waals surface area (Å²) in [4.78, 5) is 30.6. The Kier molecular flexibility index (Phi) is 5.74. The first kappa shape index (κ1) is 17.9. The molecule has 1 saturated heterocycles. The highest BCUT2D eigenvalue weighted by Gasteiger charge is 2.18. The number of nitrogens with zero attached hydrogens (tertiary/aromatic N) is 3. The first-order chi connectivity index (χ1) is 12.1. The lowest BCUT2D eigenvalue weighted by molar-refractivity contribution is 0.0302. The van der Waals surface area contributed by atoms with Crippen LogP contribution in [-0.4, -0.2) is 51.8 Å². The van der Waals surface area contributed by atoms with E-state index in [4.69, 9.17) is 4.74 Å². The average molecular weight is 451 g/mol. The molecule has 2 aromatic rings. The quantitative estimate of drug-likeness (QED) is 0.547. The van der Waals surface area contributed by atoms with Crippen molar-refractivity contribution in [2.45, 2.75) is 0 Å². The van der Waals surface area contributed by atoms with Crippen LogP contribution in [0.2, 0.25) is 0 Å². The minimum absolute atomic E-state index is 0.0558. The summed E-state index contributed by atoms with van der Waals surface area (Å²) in [5.74, 6) is 0.459. The molecule has 0 saturated carbocycles. The summed E-state index contributed by atoms with van der Waals surface area (Å²) in [6, 6.07) is 5.18. The van der Waals surface area contributed by atoms with Gasteiger partial charge in [-0.1, -0.05) is 5.46 Å². The number of pyridine rings is 2. The first-order valence-corrected chi connectivity index (χ1v) is 9.07. The number of morpholine rings is 1. The van der Waals surface area contributed by atoms with Crippen molar-refractivity contribution < 1.29 is 9.53 Å². The molecule has 0 aliphatic carbocycles. The Hall–Kier alpha value is -1.88. The molecule has 1 amide bonds. The SMILES string of the molecule is Cn1cc([B]I)cc(Nc2ccc(C(=O)N3CCOCC3)cn2)c1=O. The number of aryl methyl sites for hydroxylation is 1. The summed E-state index contributed by atoms with van der Waals surface area (Å²) in [6.07, 6.45) is 3.29. The van der Waals surface area contributed by atoms with Crippen LogP contribution in [-0.2, 0) is 11.8 Å². The lowest BCUT2D eigenvalue weighted by Gasteiger charge is -2.26.